The summed E-state index contributed by atoms with van der Waals surface area (Å²) in [4.78, 5) is 4.09. The van der Waals surface area contributed by atoms with Gasteiger partial charge in [0.2, 0.25) is 0 Å². The number of benzene rings is 1. The van der Waals surface area contributed by atoms with Crippen molar-refractivity contribution in [2.75, 3.05) is 24.2 Å². The lowest BCUT2D eigenvalue weighted by molar-refractivity contribution is 0.557. The standard InChI is InChI=1S/C9H12N4/c10-8-2-1-3-9(6-8)12-13-5-4-11-7-13/h1-3,6-7,12H,4-5,10H2. The first kappa shape index (κ1) is 7.91. The summed E-state index contributed by atoms with van der Waals surface area (Å²) in [6, 6.07) is 7.66. The molecule has 0 fully saturated rings. The Morgan fingerprint density at radius 1 is 1.46 bits per heavy atom. The van der Waals surface area contributed by atoms with Crippen molar-refractivity contribution >= 4 is 17.7 Å². The van der Waals surface area contributed by atoms with E-state index in [-0.39, 0.29) is 0 Å². The lowest BCUT2D eigenvalue weighted by atomic mass is 10.3. The maximum Gasteiger partial charge on any atom is 0.104 e. The van der Waals surface area contributed by atoms with E-state index in [2.05, 4.69) is 10.4 Å². The van der Waals surface area contributed by atoms with E-state index in [9.17, 15) is 0 Å². The Balaban J connectivity index is 2.04. The van der Waals surface area contributed by atoms with Gasteiger partial charge >= 0.3 is 0 Å². The van der Waals surface area contributed by atoms with Crippen LogP contribution >= 0.6 is 0 Å². The van der Waals surface area contributed by atoms with Gasteiger partial charge < -0.3 is 5.73 Å². The molecule has 0 spiro atoms. The van der Waals surface area contributed by atoms with Gasteiger partial charge in [-0.15, -0.1) is 0 Å². The van der Waals surface area contributed by atoms with E-state index >= 15 is 0 Å². The number of anilines is 2. The summed E-state index contributed by atoms with van der Waals surface area (Å²) in [7, 11) is 0. The van der Waals surface area contributed by atoms with Gasteiger partial charge in [-0.1, -0.05) is 6.07 Å². The Bertz CT molecular complexity index is 321. The lowest BCUT2D eigenvalue weighted by Gasteiger charge is -2.16. The van der Waals surface area contributed by atoms with Crippen molar-refractivity contribution in [1.82, 2.24) is 5.01 Å². The van der Waals surface area contributed by atoms with Crippen LogP contribution in [0.25, 0.3) is 0 Å². The Morgan fingerprint density at radius 3 is 3.08 bits per heavy atom. The first-order chi connectivity index (χ1) is 6.34. The molecule has 0 aromatic heterocycles. The Morgan fingerprint density at radius 2 is 2.38 bits per heavy atom. The minimum Gasteiger partial charge on any atom is -0.399 e. The van der Waals surface area contributed by atoms with Crippen LogP contribution < -0.4 is 11.2 Å². The molecule has 13 heavy (non-hydrogen) atoms. The number of nitrogen functional groups attached to an aromatic ring is 1. The Hall–Kier alpha value is -1.71. The second-order valence-electron chi connectivity index (χ2n) is 2.95. The summed E-state index contributed by atoms with van der Waals surface area (Å²) in [6.45, 7) is 1.77. The van der Waals surface area contributed by atoms with Crippen LogP contribution in [0.1, 0.15) is 0 Å². The molecular formula is C9H12N4. The maximum absolute atomic E-state index is 5.64. The zero-order chi connectivity index (χ0) is 9.10. The van der Waals surface area contributed by atoms with Crippen molar-refractivity contribution in [2.24, 2.45) is 4.99 Å². The van der Waals surface area contributed by atoms with Crippen molar-refractivity contribution in [2.45, 2.75) is 0 Å². The van der Waals surface area contributed by atoms with Gasteiger partial charge in [0.25, 0.3) is 0 Å². The van der Waals surface area contributed by atoms with Crippen LogP contribution in [0.15, 0.2) is 29.3 Å². The van der Waals surface area contributed by atoms with E-state index in [4.69, 9.17) is 5.73 Å². The molecule has 68 valence electrons. The minimum absolute atomic E-state index is 0.765. The third-order valence-corrected chi connectivity index (χ3v) is 1.85. The van der Waals surface area contributed by atoms with Crippen molar-refractivity contribution in [3.05, 3.63) is 24.3 Å². The quantitative estimate of drug-likeness (QED) is 0.659. The molecule has 0 atom stereocenters. The van der Waals surface area contributed by atoms with Crippen molar-refractivity contribution < 1.29 is 0 Å². The fraction of sp³-hybridized carbons (Fsp3) is 0.222. The average Bonchev–Trinajstić information content (AvgIpc) is 2.57. The number of hydrazine groups is 1. The van der Waals surface area contributed by atoms with E-state index in [1.807, 2.05) is 29.3 Å². The lowest BCUT2D eigenvalue weighted by Crippen LogP contribution is -2.26. The summed E-state index contributed by atoms with van der Waals surface area (Å²) < 4.78 is 0. The zero-order valence-corrected chi connectivity index (χ0v) is 7.27. The van der Waals surface area contributed by atoms with Crippen LogP contribution in [-0.2, 0) is 0 Å². The highest BCUT2D eigenvalue weighted by atomic mass is 15.5. The number of hydrogen-bond donors (Lipinski definition) is 2. The SMILES string of the molecule is Nc1cccc(NN2C=NCC2)c1. The topological polar surface area (TPSA) is 53.6 Å². The number of nitrogens with zero attached hydrogens (tertiary/aromatic N) is 2. The third kappa shape index (κ3) is 1.90. The largest absolute Gasteiger partial charge is 0.399 e. The molecule has 2 rings (SSSR count). The van der Waals surface area contributed by atoms with Crippen molar-refractivity contribution in [1.29, 1.82) is 0 Å². The van der Waals surface area contributed by atoms with Gasteiger partial charge in [-0.2, -0.15) is 0 Å². The van der Waals surface area contributed by atoms with Crippen LogP contribution in [0.4, 0.5) is 11.4 Å². The number of rotatable bonds is 2. The summed E-state index contributed by atoms with van der Waals surface area (Å²) in [5, 5.41) is 1.94. The van der Waals surface area contributed by atoms with E-state index in [0.717, 1.165) is 24.5 Å². The monoisotopic (exact) mass is 176 g/mol. The second kappa shape index (κ2) is 3.35. The molecule has 1 aromatic rings. The zero-order valence-electron chi connectivity index (χ0n) is 7.27. The molecule has 3 N–H and O–H groups in total. The van der Waals surface area contributed by atoms with E-state index in [1.165, 1.54) is 0 Å². The summed E-state index contributed by atoms with van der Waals surface area (Å²) in [5.74, 6) is 0. The molecule has 0 amide bonds. The van der Waals surface area contributed by atoms with Gasteiger partial charge in [-0.05, 0) is 18.2 Å². The van der Waals surface area contributed by atoms with Gasteiger partial charge in [-0.25, -0.2) is 0 Å². The van der Waals surface area contributed by atoms with Crippen LogP contribution in [0.5, 0.6) is 0 Å². The second-order valence-corrected chi connectivity index (χ2v) is 2.95. The Kier molecular flexibility index (Phi) is 2.04. The molecule has 4 heteroatoms. The van der Waals surface area contributed by atoms with Crippen LogP contribution in [0, 0.1) is 0 Å². The third-order valence-electron chi connectivity index (χ3n) is 1.85. The number of aliphatic imine (C=N–C) groups is 1. The normalized spacial score (nSPS) is 14.9. The van der Waals surface area contributed by atoms with Gasteiger partial charge in [-0.3, -0.25) is 15.4 Å². The molecule has 1 aromatic carbocycles. The van der Waals surface area contributed by atoms with E-state index < -0.39 is 0 Å². The molecule has 1 heterocycles. The highest BCUT2D eigenvalue weighted by Crippen LogP contribution is 2.12. The van der Waals surface area contributed by atoms with Crippen LogP contribution in [-0.4, -0.2) is 24.4 Å². The first-order valence-corrected chi connectivity index (χ1v) is 4.23. The van der Waals surface area contributed by atoms with E-state index in [0.29, 0.717) is 0 Å². The average molecular weight is 176 g/mol. The molecule has 1 aliphatic heterocycles. The fourth-order valence-electron chi connectivity index (χ4n) is 1.24. The summed E-state index contributed by atoms with van der Waals surface area (Å²) in [5.41, 5.74) is 10.6. The van der Waals surface area contributed by atoms with Gasteiger partial charge in [0.1, 0.15) is 6.34 Å². The highest BCUT2D eigenvalue weighted by Gasteiger charge is 2.04. The number of nitrogens with two attached hydrogens (primary N) is 1. The van der Waals surface area contributed by atoms with Crippen LogP contribution in [0.2, 0.25) is 0 Å². The molecule has 4 nitrogen and oxygen atoms in total. The minimum atomic E-state index is 0.765. The van der Waals surface area contributed by atoms with Crippen LogP contribution in [0.3, 0.4) is 0 Å². The number of nitrogens with one attached hydrogen (secondary N) is 1. The molecule has 0 aliphatic carbocycles. The predicted octanol–water partition coefficient (Wildman–Crippen LogP) is 0.940. The molecule has 0 bridgehead atoms. The molecule has 0 unspecified atom stereocenters. The first-order valence-electron chi connectivity index (χ1n) is 4.23. The molecular weight excluding hydrogens is 164 g/mol. The summed E-state index contributed by atoms with van der Waals surface area (Å²) >= 11 is 0. The highest BCUT2D eigenvalue weighted by molar-refractivity contribution is 5.62. The van der Waals surface area contributed by atoms with Gasteiger partial charge in [0, 0.05) is 5.69 Å². The van der Waals surface area contributed by atoms with Crippen molar-refractivity contribution in [3.8, 4) is 0 Å². The number of hydrogen-bond acceptors (Lipinski definition) is 4. The molecule has 0 saturated carbocycles. The molecule has 0 saturated heterocycles. The van der Waals surface area contributed by atoms with Crippen molar-refractivity contribution in [3.63, 3.8) is 0 Å². The Labute approximate surface area is 77.0 Å². The smallest absolute Gasteiger partial charge is 0.104 e. The van der Waals surface area contributed by atoms with Gasteiger partial charge in [0.15, 0.2) is 0 Å². The molecule has 0 radical (unpaired) electrons. The van der Waals surface area contributed by atoms with Gasteiger partial charge in [0.05, 0.1) is 18.8 Å². The fourth-order valence-corrected chi connectivity index (χ4v) is 1.24. The predicted molar refractivity (Wildman–Crippen MR) is 54.5 cm³/mol. The maximum atomic E-state index is 5.64. The van der Waals surface area contributed by atoms with E-state index in [1.54, 1.807) is 6.34 Å². The molecule has 1 aliphatic rings. The summed E-state index contributed by atoms with van der Waals surface area (Å²) in [6.07, 6.45) is 1.79.